The second-order valence-electron chi connectivity index (χ2n) is 5.97. The van der Waals surface area contributed by atoms with Crippen LogP contribution in [0.3, 0.4) is 0 Å². The molecule has 2 aromatic heterocycles. The number of aliphatic hydroxyl groups excluding tert-OH is 1. The van der Waals surface area contributed by atoms with Crippen molar-refractivity contribution < 1.29 is 14.2 Å². The summed E-state index contributed by atoms with van der Waals surface area (Å²) in [5.41, 5.74) is 2.99. The standard InChI is InChI=1S/C20H17FN2O2S/c1-25-12-23-17-8-7-14(20(24)18-6-3-9-26-18)11-16(17)19(22-23)13-4-2-5-15(21)10-13/h2-11,20,24H,12H2,1H3. The number of thiophene rings is 1. The van der Waals surface area contributed by atoms with Crippen LogP contribution >= 0.6 is 11.3 Å². The monoisotopic (exact) mass is 368 g/mol. The molecular formula is C20H17FN2O2S. The van der Waals surface area contributed by atoms with Crippen LogP contribution < -0.4 is 0 Å². The maximum Gasteiger partial charge on any atom is 0.139 e. The fraction of sp³-hybridized carbons (Fsp3) is 0.150. The van der Waals surface area contributed by atoms with Crippen molar-refractivity contribution >= 4 is 22.2 Å². The van der Waals surface area contributed by atoms with Gasteiger partial charge in [-0.05, 0) is 41.3 Å². The minimum absolute atomic E-state index is 0.290. The van der Waals surface area contributed by atoms with Crippen molar-refractivity contribution in [2.45, 2.75) is 12.8 Å². The Balaban J connectivity index is 1.88. The van der Waals surface area contributed by atoms with Crippen molar-refractivity contribution in [3.05, 3.63) is 76.2 Å². The summed E-state index contributed by atoms with van der Waals surface area (Å²) >= 11 is 1.51. The molecule has 4 aromatic rings. The quantitative estimate of drug-likeness (QED) is 0.560. The van der Waals surface area contributed by atoms with E-state index in [-0.39, 0.29) is 5.82 Å². The number of rotatable bonds is 5. The fourth-order valence-electron chi connectivity index (χ4n) is 3.05. The zero-order valence-corrected chi connectivity index (χ0v) is 14.9. The SMILES string of the molecule is COCn1nc(-c2cccc(F)c2)c2cc(C(O)c3cccs3)ccc21. The van der Waals surface area contributed by atoms with Gasteiger partial charge in [0.25, 0.3) is 0 Å². The van der Waals surface area contributed by atoms with Gasteiger partial charge in [0.2, 0.25) is 0 Å². The third kappa shape index (κ3) is 3.03. The molecule has 0 aliphatic carbocycles. The van der Waals surface area contributed by atoms with Crippen molar-refractivity contribution in [3.63, 3.8) is 0 Å². The Labute approximate surface area is 154 Å². The van der Waals surface area contributed by atoms with Gasteiger partial charge in [-0.2, -0.15) is 5.10 Å². The van der Waals surface area contributed by atoms with Gasteiger partial charge in [-0.25, -0.2) is 9.07 Å². The highest BCUT2D eigenvalue weighted by molar-refractivity contribution is 7.10. The maximum absolute atomic E-state index is 13.7. The summed E-state index contributed by atoms with van der Waals surface area (Å²) in [7, 11) is 1.60. The molecule has 0 bridgehead atoms. The second-order valence-corrected chi connectivity index (χ2v) is 6.95. The number of benzene rings is 2. The van der Waals surface area contributed by atoms with Gasteiger partial charge in [-0.15, -0.1) is 11.3 Å². The van der Waals surface area contributed by atoms with Crippen LogP contribution in [0.25, 0.3) is 22.2 Å². The van der Waals surface area contributed by atoms with Crippen LogP contribution in [0.5, 0.6) is 0 Å². The van der Waals surface area contributed by atoms with Crippen molar-refractivity contribution in [1.82, 2.24) is 9.78 Å². The Hall–Kier alpha value is -2.54. The molecule has 6 heteroatoms. The summed E-state index contributed by atoms with van der Waals surface area (Å²) in [6, 6.07) is 15.9. The van der Waals surface area contributed by atoms with Crippen LogP contribution in [0.1, 0.15) is 16.5 Å². The van der Waals surface area contributed by atoms with Crippen molar-refractivity contribution in [1.29, 1.82) is 0 Å². The number of methoxy groups -OCH3 is 1. The van der Waals surface area contributed by atoms with E-state index in [1.807, 2.05) is 41.8 Å². The average molecular weight is 368 g/mol. The van der Waals surface area contributed by atoms with Gasteiger partial charge < -0.3 is 9.84 Å². The molecular weight excluding hydrogens is 351 g/mol. The minimum atomic E-state index is -0.703. The smallest absolute Gasteiger partial charge is 0.139 e. The van der Waals surface area contributed by atoms with E-state index < -0.39 is 6.10 Å². The van der Waals surface area contributed by atoms with Crippen LogP contribution in [0.4, 0.5) is 4.39 Å². The number of hydrogen-bond acceptors (Lipinski definition) is 4. The second kappa shape index (κ2) is 6.99. The summed E-state index contributed by atoms with van der Waals surface area (Å²) in [5.74, 6) is -0.313. The predicted octanol–water partition coefficient (Wildman–Crippen LogP) is 4.59. The molecule has 2 heterocycles. The van der Waals surface area contributed by atoms with Crippen LogP contribution in [0.2, 0.25) is 0 Å². The largest absolute Gasteiger partial charge is 0.383 e. The molecule has 0 aliphatic heterocycles. The van der Waals surface area contributed by atoms with Gasteiger partial charge in [0.15, 0.2) is 0 Å². The normalized spacial score (nSPS) is 12.6. The summed E-state index contributed by atoms with van der Waals surface area (Å²) in [4.78, 5) is 0.876. The highest BCUT2D eigenvalue weighted by atomic mass is 32.1. The summed E-state index contributed by atoms with van der Waals surface area (Å²) in [6.45, 7) is 0.290. The van der Waals surface area contributed by atoms with E-state index in [9.17, 15) is 9.50 Å². The van der Waals surface area contributed by atoms with Gasteiger partial charge in [-0.1, -0.05) is 24.3 Å². The Morgan fingerprint density at radius 2 is 2.08 bits per heavy atom. The highest BCUT2D eigenvalue weighted by Crippen LogP contribution is 2.33. The Morgan fingerprint density at radius 1 is 1.19 bits per heavy atom. The number of ether oxygens (including phenoxy) is 1. The van der Waals surface area contributed by atoms with Crippen LogP contribution in [-0.2, 0) is 11.5 Å². The molecule has 0 saturated heterocycles. The van der Waals surface area contributed by atoms with E-state index in [1.54, 1.807) is 17.9 Å². The molecule has 0 fully saturated rings. The predicted molar refractivity (Wildman–Crippen MR) is 101 cm³/mol. The first-order valence-electron chi connectivity index (χ1n) is 8.14. The number of hydrogen-bond donors (Lipinski definition) is 1. The van der Waals surface area contributed by atoms with Crippen LogP contribution in [-0.4, -0.2) is 22.0 Å². The lowest BCUT2D eigenvalue weighted by molar-refractivity contribution is 0.124. The Bertz CT molecular complexity index is 1040. The van der Waals surface area contributed by atoms with E-state index in [0.29, 0.717) is 18.0 Å². The van der Waals surface area contributed by atoms with E-state index >= 15 is 0 Å². The first-order valence-corrected chi connectivity index (χ1v) is 9.02. The van der Waals surface area contributed by atoms with Crippen LogP contribution in [0.15, 0.2) is 60.0 Å². The number of fused-ring (bicyclic) bond motifs is 1. The molecule has 132 valence electrons. The van der Waals surface area contributed by atoms with E-state index in [1.165, 1.54) is 23.5 Å². The molecule has 1 N–H and O–H groups in total. The summed E-state index contributed by atoms with van der Waals surface area (Å²) in [6.07, 6.45) is -0.703. The average Bonchev–Trinajstić information content (AvgIpc) is 3.30. The van der Waals surface area contributed by atoms with E-state index in [4.69, 9.17) is 4.74 Å². The van der Waals surface area contributed by atoms with Crippen molar-refractivity contribution in [2.75, 3.05) is 7.11 Å². The first-order chi connectivity index (χ1) is 12.7. The molecule has 0 saturated carbocycles. The Kier molecular flexibility index (Phi) is 4.55. The van der Waals surface area contributed by atoms with Gasteiger partial charge in [0, 0.05) is 22.9 Å². The van der Waals surface area contributed by atoms with E-state index in [2.05, 4.69) is 5.10 Å². The number of nitrogens with zero attached hydrogens (tertiary/aromatic N) is 2. The highest BCUT2D eigenvalue weighted by Gasteiger charge is 2.17. The van der Waals surface area contributed by atoms with Crippen LogP contribution in [0, 0.1) is 5.82 Å². The fourth-order valence-corrected chi connectivity index (χ4v) is 3.78. The number of aromatic nitrogens is 2. The van der Waals surface area contributed by atoms with Crippen molar-refractivity contribution in [3.8, 4) is 11.3 Å². The molecule has 2 aromatic carbocycles. The summed E-state index contributed by atoms with van der Waals surface area (Å²) < 4.78 is 20.7. The molecule has 4 rings (SSSR count). The number of halogens is 1. The molecule has 0 amide bonds. The topological polar surface area (TPSA) is 47.3 Å². The molecule has 0 spiro atoms. The molecule has 4 nitrogen and oxygen atoms in total. The third-order valence-corrected chi connectivity index (χ3v) is 5.18. The number of aliphatic hydroxyl groups is 1. The first kappa shape index (κ1) is 16.9. The molecule has 26 heavy (non-hydrogen) atoms. The zero-order valence-electron chi connectivity index (χ0n) is 14.1. The van der Waals surface area contributed by atoms with Gasteiger partial charge in [0.05, 0.1) is 5.52 Å². The lowest BCUT2D eigenvalue weighted by Crippen LogP contribution is -2.02. The maximum atomic E-state index is 13.7. The molecule has 0 radical (unpaired) electrons. The van der Waals surface area contributed by atoms with E-state index in [0.717, 1.165) is 21.3 Å². The van der Waals surface area contributed by atoms with Gasteiger partial charge in [-0.3, -0.25) is 0 Å². The summed E-state index contributed by atoms with van der Waals surface area (Å²) in [5, 5.41) is 18.0. The third-order valence-electron chi connectivity index (χ3n) is 4.25. The van der Waals surface area contributed by atoms with Gasteiger partial charge in [0.1, 0.15) is 24.3 Å². The lowest BCUT2D eigenvalue weighted by atomic mass is 10.0. The minimum Gasteiger partial charge on any atom is -0.383 e. The molecule has 1 atom stereocenters. The zero-order chi connectivity index (χ0) is 18.1. The van der Waals surface area contributed by atoms with Crippen molar-refractivity contribution in [2.24, 2.45) is 0 Å². The Morgan fingerprint density at radius 3 is 2.81 bits per heavy atom. The molecule has 1 unspecified atom stereocenters. The van der Waals surface area contributed by atoms with Gasteiger partial charge >= 0.3 is 0 Å². The molecule has 0 aliphatic rings. The lowest BCUT2D eigenvalue weighted by Gasteiger charge is -2.09.